The molecule has 1 aliphatic rings. The van der Waals surface area contributed by atoms with Gasteiger partial charge in [-0.3, -0.25) is 4.90 Å². The molecule has 4 heteroatoms. The fourth-order valence-corrected chi connectivity index (χ4v) is 3.14. The van der Waals surface area contributed by atoms with Crippen molar-refractivity contribution >= 4 is 16.7 Å². The number of aromatic nitrogens is 1. The highest BCUT2D eigenvalue weighted by atomic mass is 16.5. The lowest BCUT2D eigenvalue weighted by Gasteiger charge is -2.36. The van der Waals surface area contributed by atoms with Crippen LogP contribution in [0.3, 0.4) is 0 Å². The highest BCUT2D eigenvalue weighted by Gasteiger charge is 2.22. The molecule has 1 fully saturated rings. The second-order valence-corrected chi connectivity index (χ2v) is 6.30. The van der Waals surface area contributed by atoms with E-state index in [1.54, 1.807) is 0 Å². The van der Waals surface area contributed by atoms with Crippen molar-refractivity contribution in [3.05, 3.63) is 36.4 Å². The average molecular weight is 299 g/mol. The van der Waals surface area contributed by atoms with Gasteiger partial charge in [0.15, 0.2) is 0 Å². The monoisotopic (exact) mass is 299 g/mol. The largest absolute Gasteiger partial charge is 0.373 e. The third-order valence-electron chi connectivity index (χ3n) is 4.22. The predicted molar refractivity (Wildman–Crippen MR) is 91.5 cm³/mol. The Morgan fingerprint density at radius 1 is 1.14 bits per heavy atom. The SMILES string of the molecule is C[C@@H]1CN(CCN(C)c2ccc3ccccc3n2)C[C@H](C)O1. The Labute approximate surface area is 132 Å². The van der Waals surface area contributed by atoms with E-state index in [1.165, 1.54) is 5.39 Å². The average Bonchev–Trinajstić information content (AvgIpc) is 2.51. The number of ether oxygens (including phenoxy) is 1. The maximum atomic E-state index is 5.79. The van der Waals surface area contributed by atoms with Crippen LogP contribution in [0.15, 0.2) is 36.4 Å². The number of fused-ring (bicyclic) bond motifs is 1. The van der Waals surface area contributed by atoms with Crippen LogP contribution in [0.4, 0.5) is 5.82 Å². The van der Waals surface area contributed by atoms with Crippen LogP contribution in [0.2, 0.25) is 0 Å². The van der Waals surface area contributed by atoms with E-state index in [2.05, 4.69) is 55.0 Å². The van der Waals surface area contributed by atoms with Crippen molar-refractivity contribution in [1.29, 1.82) is 0 Å². The first-order chi connectivity index (χ1) is 10.6. The van der Waals surface area contributed by atoms with E-state index in [0.29, 0.717) is 12.2 Å². The summed E-state index contributed by atoms with van der Waals surface area (Å²) in [6, 6.07) is 12.5. The predicted octanol–water partition coefficient (Wildman–Crippen LogP) is 2.78. The van der Waals surface area contributed by atoms with Gasteiger partial charge in [0.1, 0.15) is 5.82 Å². The molecule has 0 unspecified atom stereocenters. The first kappa shape index (κ1) is 15.3. The number of para-hydroxylation sites is 1. The number of morpholine rings is 1. The Morgan fingerprint density at radius 3 is 2.64 bits per heavy atom. The van der Waals surface area contributed by atoms with E-state index in [4.69, 9.17) is 9.72 Å². The smallest absolute Gasteiger partial charge is 0.129 e. The molecule has 1 aliphatic heterocycles. The van der Waals surface area contributed by atoms with Gasteiger partial charge in [-0.2, -0.15) is 0 Å². The van der Waals surface area contributed by atoms with Crippen molar-refractivity contribution in [3.63, 3.8) is 0 Å². The first-order valence-corrected chi connectivity index (χ1v) is 8.06. The van der Waals surface area contributed by atoms with Crippen molar-refractivity contribution in [1.82, 2.24) is 9.88 Å². The third kappa shape index (κ3) is 3.57. The summed E-state index contributed by atoms with van der Waals surface area (Å²) in [6.07, 6.45) is 0.653. The normalized spacial score (nSPS) is 22.9. The van der Waals surface area contributed by atoms with Gasteiger partial charge in [0.05, 0.1) is 17.7 Å². The number of likely N-dealkylation sites (N-methyl/N-ethyl adjacent to an activating group) is 1. The van der Waals surface area contributed by atoms with Gasteiger partial charge in [-0.25, -0.2) is 4.98 Å². The zero-order chi connectivity index (χ0) is 15.5. The highest BCUT2D eigenvalue weighted by molar-refractivity contribution is 5.80. The van der Waals surface area contributed by atoms with Gasteiger partial charge in [0.2, 0.25) is 0 Å². The van der Waals surface area contributed by atoms with Crippen LogP contribution in [-0.4, -0.2) is 55.3 Å². The van der Waals surface area contributed by atoms with Gasteiger partial charge in [0, 0.05) is 38.6 Å². The van der Waals surface area contributed by atoms with Gasteiger partial charge in [-0.1, -0.05) is 18.2 Å². The molecule has 0 radical (unpaired) electrons. The number of benzene rings is 1. The lowest BCUT2D eigenvalue weighted by atomic mass is 10.2. The number of hydrogen-bond donors (Lipinski definition) is 0. The molecule has 0 bridgehead atoms. The molecule has 22 heavy (non-hydrogen) atoms. The van der Waals surface area contributed by atoms with E-state index in [-0.39, 0.29) is 0 Å². The van der Waals surface area contributed by atoms with Gasteiger partial charge in [0.25, 0.3) is 0 Å². The summed E-state index contributed by atoms with van der Waals surface area (Å²) in [6.45, 7) is 8.36. The summed E-state index contributed by atoms with van der Waals surface area (Å²) >= 11 is 0. The fourth-order valence-electron chi connectivity index (χ4n) is 3.14. The Morgan fingerprint density at radius 2 is 1.86 bits per heavy atom. The van der Waals surface area contributed by atoms with Crippen molar-refractivity contribution in [3.8, 4) is 0 Å². The van der Waals surface area contributed by atoms with Crippen LogP contribution in [0.25, 0.3) is 10.9 Å². The standard InChI is InChI=1S/C18H25N3O/c1-14-12-21(13-15(2)22-14)11-10-20(3)18-9-8-16-6-4-5-7-17(16)19-18/h4-9,14-15H,10-13H2,1-3H3/t14-,15+. The zero-order valence-electron chi connectivity index (χ0n) is 13.7. The molecule has 2 heterocycles. The van der Waals surface area contributed by atoms with Crippen LogP contribution in [0.5, 0.6) is 0 Å². The van der Waals surface area contributed by atoms with Crippen molar-refractivity contribution < 1.29 is 4.74 Å². The Balaban J connectivity index is 1.62. The lowest BCUT2D eigenvalue weighted by molar-refractivity contribution is -0.0670. The molecule has 3 rings (SSSR count). The van der Waals surface area contributed by atoms with Crippen LogP contribution in [-0.2, 0) is 4.74 Å². The third-order valence-corrected chi connectivity index (χ3v) is 4.22. The summed E-state index contributed by atoms with van der Waals surface area (Å²) in [5, 5.41) is 1.19. The minimum Gasteiger partial charge on any atom is -0.373 e. The molecule has 0 amide bonds. The van der Waals surface area contributed by atoms with Crippen LogP contribution < -0.4 is 4.90 Å². The summed E-state index contributed by atoms with van der Waals surface area (Å²) in [4.78, 5) is 9.47. The summed E-state index contributed by atoms with van der Waals surface area (Å²) in [5.74, 6) is 1.04. The van der Waals surface area contributed by atoms with E-state index in [1.807, 2.05) is 12.1 Å². The number of rotatable bonds is 4. The fraction of sp³-hybridized carbons (Fsp3) is 0.500. The summed E-state index contributed by atoms with van der Waals surface area (Å²) < 4.78 is 5.79. The molecule has 2 atom stereocenters. The molecule has 0 spiro atoms. The van der Waals surface area contributed by atoms with Gasteiger partial charge in [-0.05, 0) is 32.0 Å². The minimum absolute atomic E-state index is 0.327. The quantitative estimate of drug-likeness (QED) is 0.868. The molecule has 0 N–H and O–H groups in total. The maximum Gasteiger partial charge on any atom is 0.129 e. The molecule has 118 valence electrons. The summed E-state index contributed by atoms with van der Waals surface area (Å²) in [5.41, 5.74) is 1.06. The van der Waals surface area contributed by atoms with E-state index in [9.17, 15) is 0 Å². The van der Waals surface area contributed by atoms with Gasteiger partial charge >= 0.3 is 0 Å². The summed E-state index contributed by atoms with van der Waals surface area (Å²) in [7, 11) is 2.12. The highest BCUT2D eigenvalue weighted by Crippen LogP contribution is 2.17. The van der Waals surface area contributed by atoms with E-state index in [0.717, 1.165) is 37.5 Å². The van der Waals surface area contributed by atoms with Gasteiger partial charge < -0.3 is 9.64 Å². The molecule has 1 saturated heterocycles. The molecule has 0 saturated carbocycles. The minimum atomic E-state index is 0.327. The van der Waals surface area contributed by atoms with Crippen molar-refractivity contribution in [2.45, 2.75) is 26.1 Å². The van der Waals surface area contributed by atoms with Crippen LogP contribution >= 0.6 is 0 Å². The number of pyridine rings is 1. The second-order valence-electron chi connectivity index (χ2n) is 6.30. The van der Waals surface area contributed by atoms with E-state index < -0.39 is 0 Å². The van der Waals surface area contributed by atoms with Crippen LogP contribution in [0, 0.1) is 0 Å². The Kier molecular flexibility index (Phi) is 4.60. The topological polar surface area (TPSA) is 28.6 Å². The lowest BCUT2D eigenvalue weighted by Crippen LogP contribution is -2.47. The molecule has 0 aliphatic carbocycles. The number of hydrogen-bond acceptors (Lipinski definition) is 4. The molecule has 1 aromatic carbocycles. The van der Waals surface area contributed by atoms with Crippen LogP contribution in [0.1, 0.15) is 13.8 Å². The Bertz CT molecular complexity index is 621. The number of anilines is 1. The van der Waals surface area contributed by atoms with Gasteiger partial charge in [-0.15, -0.1) is 0 Å². The molecular formula is C18H25N3O. The molecular weight excluding hydrogens is 274 g/mol. The number of nitrogens with zero attached hydrogens (tertiary/aromatic N) is 3. The Hall–Kier alpha value is -1.65. The second kappa shape index (κ2) is 6.63. The van der Waals surface area contributed by atoms with Crippen molar-refractivity contribution in [2.24, 2.45) is 0 Å². The zero-order valence-corrected chi connectivity index (χ0v) is 13.7. The molecule has 1 aromatic heterocycles. The van der Waals surface area contributed by atoms with E-state index >= 15 is 0 Å². The first-order valence-electron chi connectivity index (χ1n) is 8.06. The van der Waals surface area contributed by atoms with Crippen molar-refractivity contribution in [2.75, 3.05) is 38.1 Å². The maximum absolute atomic E-state index is 5.79. The molecule has 2 aromatic rings. The molecule has 4 nitrogen and oxygen atoms in total.